The van der Waals surface area contributed by atoms with Gasteiger partial charge in [0.15, 0.2) is 5.82 Å². The molecule has 1 amide bonds. The van der Waals surface area contributed by atoms with E-state index in [1.807, 2.05) is 13.0 Å². The van der Waals surface area contributed by atoms with Crippen LogP contribution in [0.2, 0.25) is 0 Å². The van der Waals surface area contributed by atoms with Crippen LogP contribution in [-0.4, -0.2) is 72.2 Å². The molecule has 2 N–H and O–H groups in total. The highest BCUT2D eigenvalue weighted by Crippen LogP contribution is 2.32. The highest BCUT2D eigenvalue weighted by atomic mass is 19.4. The summed E-state index contributed by atoms with van der Waals surface area (Å²) in [6.45, 7) is 10.1. The number of morpholine rings is 1. The summed E-state index contributed by atoms with van der Waals surface area (Å²) in [5.41, 5.74) is 2.11. The van der Waals surface area contributed by atoms with Gasteiger partial charge in [-0.2, -0.15) is 13.2 Å². The third-order valence-corrected chi connectivity index (χ3v) is 6.65. The lowest BCUT2D eigenvalue weighted by molar-refractivity contribution is -0.137. The van der Waals surface area contributed by atoms with Crippen LogP contribution in [-0.2, 0) is 22.1 Å². The number of hydrazine groups is 1. The summed E-state index contributed by atoms with van der Waals surface area (Å²) < 4.78 is 44.4. The molecule has 1 fully saturated rings. The summed E-state index contributed by atoms with van der Waals surface area (Å²) in [5, 5.41) is 1.68. The number of hydrogen-bond acceptors (Lipinski definition) is 7. The number of ether oxygens (including phenoxy) is 1. The Morgan fingerprint density at radius 2 is 1.92 bits per heavy atom. The normalized spacial score (nSPS) is 14.5. The molecule has 0 bridgehead atoms. The van der Waals surface area contributed by atoms with Gasteiger partial charge in [-0.15, -0.1) is 0 Å². The Morgan fingerprint density at radius 1 is 1.18 bits per heavy atom. The zero-order valence-electron chi connectivity index (χ0n) is 21.5. The van der Waals surface area contributed by atoms with Gasteiger partial charge in [-0.05, 0) is 48.4 Å². The van der Waals surface area contributed by atoms with Crippen LogP contribution >= 0.6 is 0 Å². The van der Waals surface area contributed by atoms with Crippen molar-refractivity contribution < 1.29 is 22.7 Å². The molecule has 38 heavy (non-hydrogen) atoms. The summed E-state index contributed by atoms with van der Waals surface area (Å²) in [6.07, 6.45) is -2.42. The van der Waals surface area contributed by atoms with Crippen molar-refractivity contribution in [1.82, 2.24) is 19.9 Å². The number of halogens is 3. The van der Waals surface area contributed by atoms with Crippen LogP contribution in [0.4, 0.5) is 18.9 Å². The van der Waals surface area contributed by atoms with Gasteiger partial charge in [-0.3, -0.25) is 9.69 Å². The number of nitrogens with two attached hydrogens (primary N) is 1. The summed E-state index contributed by atoms with van der Waals surface area (Å²) in [6, 6.07) is 8.85. The first kappa shape index (κ1) is 27.5. The Labute approximate surface area is 219 Å². The van der Waals surface area contributed by atoms with Crippen LogP contribution < -0.4 is 10.7 Å². The molecule has 2 aromatic carbocycles. The number of benzene rings is 2. The number of carbonyl (C=O) groups excluding carboxylic acids is 1. The Balaban J connectivity index is 1.49. The summed E-state index contributed by atoms with van der Waals surface area (Å²) in [4.78, 5) is 25.7. The number of likely N-dealkylation sites (N-methyl/N-ethyl adjacent to an activating group) is 1. The smallest absolute Gasteiger partial charge is 0.379 e. The van der Waals surface area contributed by atoms with E-state index in [0.717, 1.165) is 30.8 Å². The van der Waals surface area contributed by atoms with Crippen molar-refractivity contribution in [3.63, 3.8) is 0 Å². The fourth-order valence-electron chi connectivity index (χ4n) is 4.32. The minimum Gasteiger partial charge on any atom is -0.379 e. The van der Waals surface area contributed by atoms with Crippen molar-refractivity contribution >= 4 is 22.5 Å². The number of rotatable bonds is 8. The number of alkyl halides is 3. The maximum Gasteiger partial charge on any atom is 0.416 e. The van der Waals surface area contributed by atoms with Gasteiger partial charge in [-0.1, -0.05) is 13.5 Å². The third-order valence-electron chi connectivity index (χ3n) is 6.65. The van der Waals surface area contributed by atoms with Gasteiger partial charge in [0.2, 0.25) is 0 Å². The summed E-state index contributed by atoms with van der Waals surface area (Å²) in [7, 11) is 1.67. The molecule has 8 nitrogen and oxygen atoms in total. The molecule has 0 spiro atoms. The average Bonchev–Trinajstić information content (AvgIpc) is 2.93. The molecule has 1 aliphatic heterocycles. The minimum absolute atomic E-state index is 0.183. The quantitative estimate of drug-likeness (QED) is 0.270. The molecule has 1 aromatic heterocycles. The van der Waals surface area contributed by atoms with E-state index < -0.39 is 11.7 Å². The number of nitrogens with zero attached hydrogens (tertiary/aromatic N) is 5. The Morgan fingerprint density at radius 3 is 2.61 bits per heavy atom. The maximum absolute atomic E-state index is 13.2. The monoisotopic (exact) mass is 528 g/mol. The van der Waals surface area contributed by atoms with Crippen LogP contribution in [0.15, 0.2) is 54.9 Å². The van der Waals surface area contributed by atoms with E-state index in [2.05, 4.69) is 21.4 Å². The van der Waals surface area contributed by atoms with E-state index >= 15 is 0 Å². The third kappa shape index (κ3) is 6.12. The second kappa shape index (κ2) is 11.5. The van der Waals surface area contributed by atoms with Gasteiger partial charge < -0.3 is 14.6 Å². The van der Waals surface area contributed by atoms with Crippen molar-refractivity contribution in [1.29, 1.82) is 0 Å². The Hall–Kier alpha value is -3.54. The minimum atomic E-state index is -4.43. The number of fused-ring (bicyclic) bond motifs is 1. The van der Waals surface area contributed by atoms with E-state index in [4.69, 9.17) is 10.6 Å². The molecule has 0 saturated carbocycles. The molecular weight excluding hydrogens is 497 g/mol. The number of hydrogen-bond donors (Lipinski definition) is 1. The van der Waals surface area contributed by atoms with Gasteiger partial charge in [0, 0.05) is 56.1 Å². The molecule has 0 aliphatic carbocycles. The fraction of sp³-hybridized carbons (Fsp3) is 0.370. The van der Waals surface area contributed by atoms with Crippen molar-refractivity contribution in [3.8, 4) is 11.4 Å². The first-order valence-corrected chi connectivity index (χ1v) is 12.3. The van der Waals surface area contributed by atoms with Crippen LogP contribution in [0.3, 0.4) is 0 Å². The largest absolute Gasteiger partial charge is 0.416 e. The second-order valence-corrected chi connectivity index (χ2v) is 9.12. The van der Waals surface area contributed by atoms with Gasteiger partial charge in [0.05, 0.1) is 24.3 Å². The second-order valence-electron chi connectivity index (χ2n) is 9.12. The molecule has 3 aromatic rings. The lowest BCUT2D eigenvalue weighted by atomic mass is 10.0. The van der Waals surface area contributed by atoms with Crippen LogP contribution in [0, 0.1) is 0 Å². The van der Waals surface area contributed by atoms with Crippen LogP contribution in [0.1, 0.15) is 18.1 Å². The van der Waals surface area contributed by atoms with Gasteiger partial charge in [0.1, 0.15) is 5.70 Å². The van der Waals surface area contributed by atoms with Crippen molar-refractivity contribution in [2.75, 3.05) is 51.3 Å². The molecule has 1 saturated heterocycles. The zero-order chi connectivity index (χ0) is 27.4. The summed E-state index contributed by atoms with van der Waals surface area (Å²) in [5.74, 6) is 6.21. The highest BCUT2D eigenvalue weighted by Gasteiger charge is 2.30. The lowest BCUT2D eigenvalue weighted by Crippen LogP contribution is -2.45. The number of aryl methyl sites for hydroxylation is 1. The Bertz CT molecular complexity index is 1320. The average molecular weight is 529 g/mol. The topological polar surface area (TPSA) is 87.8 Å². The first-order chi connectivity index (χ1) is 18.1. The molecule has 1 aliphatic rings. The molecule has 0 radical (unpaired) electrons. The molecule has 11 heteroatoms. The van der Waals surface area contributed by atoms with Gasteiger partial charge in [-0.25, -0.2) is 15.8 Å². The highest BCUT2D eigenvalue weighted by molar-refractivity contribution is 6.04. The van der Waals surface area contributed by atoms with Crippen molar-refractivity contribution in [3.05, 3.63) is 66.0 Å². The van der Waals surface area contributed by atoms with Gasteiger partial charge >= 0.3 is 6.18 Å². The van der Waals surface area contributed by atoms with E-state index in [-0.39, 0.29) is 11.6 Å². The van der Waals surface area contributed by atoms with Crippen LogP contribution in [0.5, 0.6) is 0 Å². The van der Waals surface area contributed by atoms with Crippen LogP contribution in [0.25, 0.3) is 22.3 Å². The van der Waals surface area contributed by atoms with Gasteiger partial charge in [0.25, 0.3) is 5.91 Å². The summed E-state index contributed by atoms with van der Waals surface area (Å²) >= 11 is 0. The Kier molecular flexibility index (Phi) is 8.29. The zero-order valence-corrected chi connectivity index (χ0v) is 21.5. The van der Waals surface area contributed by atoms with Crippen molar-refractivity contribution in [2.45, 2.75) is 19.5 Å². The predicted molar refractivity (Wildman–Crippen MR) is 140 cm³/mol. The number of amides is 1. The standard InChI is InChI=1S/C27H31F3N6O2/c1-4-19-15-20(25-32-17-21-16-22(27(28,29)30)6-7-23(21)33-25)5-8-24(19)34(3)26(37)18(2)36(31)10-9-35-11-13-38-14-12-35/h5-8,15-17H,2,4,9-14,31H2,1,3H3. The van der Waals surface area contributed by atoms with E-state index in [1.165, 1.54) is 22.2 Å². The molecule has 0 atom stereocenters. The number of carbonyl (C=O) groups is 1. The molecule has 202 valence electrons. The molecular formula is C27H31F3N6O2. The van der Waals surface area contributed by atoms with E-state index in [1.54, 1.807) is 19.2 Å². The van der Waals surface area contributed by atoms with E-state index in [0.29, 0.717) is 60.7 Å². The molecule has 2 heterocycles. The SMILES string of the molecule is C=C(C(=O)N(C)c1ccc(-c2ncc3cc(C(F)(F)F)ccc3n2)cc1CC)N(N)CCN1CCOCC1. The lowest BCUT2D eigenvalue weighted by Gasteiger charge is -2.30. The number of aromatic nitrogens is 2. The maximum atomic E-state index is 13.2. The number of anilines is 1. The predicted octanol–water partition coefficient (Wildman–Crippen LogP) is 3.86. The van der Waals surface area contributed by atoms with E-state index in [9.17, 15) is 18.0 Å². The molecule has 0 unspecified atom stereocenters. The van der Waals surface area contributed by atoms with Crippen molar-refractivity contribution in [2.24, 2.45) is 5.84 Å². The first-order valence-electron chi connectivity index (χ1n) is 12.3. The molecule has 4 rings (SSSR count). The fourth-order valence-corrected chi connectivity index (χ4v) is 4.32.